The highest BCUT2D eigenvalue weighted by Gasteiger charge is 2.19. The zero-order valence-electron chi connectivity index (χ0n) is 13.6. The zero-order chi connectivity index (χ0) is 16.4. The predicted molar refractivity (Wildman–Crippen MR) is 85.3 cm³/mol. The fourth-order valence-corrected chi connectivity index (χ4v) is 1.74. The molecule has 0 spiro atoms. The summed E-state index contributed by atoms with van der Waals surface area (Å²) in [6.07, 6.45) is 0. The lowest BCUT2D eigenvalue weighted by atomic mass is 10.0. The van der Waals surface area contributed by atoms with Crippen molar-refractivity contribution in [3.8, 4) is 0 Å². The minimum Gasteiger partial charge on any atom is -0.399 e. The Balaban J connectivity index is 3.05. The normalized spacial score (nSPS) is 11.9. The van der Waals surface area contributed by atoms with Crippen LogP contribution in [-0.2, 0) is 0 Å². The molecule has 0 atom stereocenters. The number of anilines is 1. The van der Waals surface area contributed by atoms with E-state index in [0.29, 0.717) is 16.8 Å². The number of amides is 2. The van der Waals surface area contributed by atoms with Gasteiger partial charge >= 0.3 is 0 Å². The van der Waals surface area contributed by atoms with E-state index in [1.165, 1.54) is 0 Å². The lowest BCUT2D eigenvalue weighted by Crippen LogP contribution is -2.41. The highest BCUT2D eigenvalue weighted by Crippen LogP contribution is 2.14. The first-order chi connectivity index (χ1) is 9.37. The maximum atomic E-state index is 12.2. The summed E-state index contributed by atoms with van der Waals surface area (Å²) < 4.78 is 0. The average molecular weight is 291 g/mol. The van der Waals surface area contributed by atoms with Crippen LogP contribution in [0.3, 0.4) is 0 Å². The minimum absolute atomic E-state index is 0.250. The van der Waals surface area contributed by atoms with E-state index in [-0.39, 0.29) is 22.9 Å². The molecule has 5 heteroatoms. The SMILES string of the molecule is CC(C)(C)NC(=O)c1cc(N)cc(C(=O)NC(C)(C)C)c1. The first-order valence-corrected chi connectivity index (χ1v) is 6.93. The van der Waals surface area contributed by atoms with E-state index < -0.39 is 0 Å². The van der Waals surface area contributed by atoms with Crippen molar-refractivity contribution in [2.24, 2.45) is 0 Å². The molecule has 0 aliphatic rings. The molecule has 21 heavy (non-hydrogen) atoms. The molecule has 0 saturated heterocycles. The van der Waals surface area contributed by atoms with Crippen molar-refractivity contribution in [1.82, 2.24) is 10.6 Å². The summed E-state index contributed by atoms with van der Waals surface area (Å²) in [5, 5.41) is 5.70. The molecule has 116 valence electrons. The van der Waals surface area contributed by atoms with Crippen molar-refractivity contribution in [3.63, 3.8) is 0 Å². The molecule has 0 aliphatic carbocycles. The van der Waals surface area contributed by atoms with Crippen LogP contribution < -0.4 is 16.4 Å². The van der Waals surface area contributed by atoms with Gasteiger partial charge in [0.1, 0.15) is 0 Å². The molecular formula is C16H25N3O2. The molecule has 0 aromatic heterocycles. The van der Waals surface area contributed by atoms with Crippen LogP contribution in [0.1, 0.15) is 62.3 Å². The monoisotopic (exact) mass is 291 g/mol. The number of nitrogens with one attached hydrogen (secondary N) is 2. The van der Waals surface area contributed by atoms with E-state index >= 15 is 0 Å². The molecule has 5 nitrogen and oxygen atoms in total. The highest BCUT2D eigenvalue weighted by molar-refractivity contribution is 6.01. The maximum absolute atomic E-state index is 12.2. The Hall–Kier alpha value is -2.04. The van der Waals surface area contributed by atoms with Crippen molar-refractivity contribution in [3.05, 3.63) is 29.3 Å². The van der Waals surface area contributed by atoms with E-state index in [2.05, 4.69) is 10.6 Å². The molecule has 1 rings (SSSR count). The Morgan fingerprint density at radius 1 is 0.810 bits per heavy atom. The van der Waals surface area contributed by atoms with Gasteiger partial charge in [0.2, 0.25) is 0 Å². The van der Waals surface area contributed by atoms with Gasteiger partial charge in [-0.05, 0) is 59.7 Å². The number of hydrogen-bond acceptors (Lipinski definition) is 3. The standard InChI is InChI=1S/C16H25N3O2/c1-15(2,3)18-13(20)10-7-11(9-12(17)8-10)14(21)19-16(4,5)6/h7-9H,17H2,1-6H3,(H,18,20)(H,19,21). The predicted octanol–water partition coefficient (Wildman–Crippen LogP) is 2.33. The topological polar surface area (TPSA) is 84.2 Å². The van der Waals surface area contributed by atoms with Crippen LogP contribution in [0.2, 0.25) is 0 Å². The van der Waals surface area contributed by atoms with Gasteiger partial charge in [-0.1, -0.05) is 0 Å². The highest BCUT2D eigenvalue weighted by atomic mass is 16.2. The Labute approximate surface area is 126 Å². The Kier molecular flexibility index (Phi) is 4.66. The van der Waals surface area contributed by atoms with Crippen LogP contribution in [-0.4, -0.2) is 22.9 Å². The molecule has 1 aromatic carbocycles. The molecule has 0 aliphatic heterocycles. The average Bonchev–Trinajstić information content (AvgIpc) is 2.23. The van der Waals surface area contributed by atoms with Gasteiger partial charge in [0.05, 0.1) is 0 Å². The summed E-state index contributed by atoms with van der Waals surface area (Å²) in [6.45, 7) is 11.4. The van der Waals surface area contributed by atoms with E-state index in [9.17, 15) is 9.59 Å². The minimum atomic E-state index is -0.352. The summed E-state index contributed by atoms with van der Waals surface area (Å²) in [6, 6.07) is 4.68. The molecule has 0 saturated carbocycles. The van der Waals surface area contributed by atoms with Gasteiger partial charge in [-0.2, -0.15) is 0 Å². The molecule has 4 N–H and O–H groups in total. The number of carbonyl (C=O) groups excluding carboxylic acids is 2. The maximum Gasteiger partial charge on any atom is 0.251 e. The molecule has 0 heterocycles. The second-order valence-corrected chi connectivity index (χ2v) is 7.25. The van der Waals surface area contributed by atoms with Gasteiger partial charge in [0, 0.05) is 27.9 Å². The Morgan fingerprint density at radius 2 is 1.14 bits per heavy atom. The smallest absolute Gasteiger partial charge is 0.251 e. The zero-order valence-corrected chi connectivity index (χ0v) is 13.6. The summed E-state index contributed by atoms with van der Waals surface area (Å²) in [7, 11) is 0. The van der Waals surface area contributed by atoms with Crippen molar-refractivity contribution in [2.45, 2.75) is 52.6 Å². The number of carbonyl (C=O) groups is 2. The Bertz CT molecular complexity index is 505. The van der Waals surface area contributed by atoms with Crippen molar-refractivity contribution < 1.29 is 9.59 Å². The van der Waals surface area contributed by atoms with Crippen LogP contribution in [0, 0.1) is 0 Å². The molecule has 0 unspecified atom stereocenters. The van der Waals surface area contributed by atoms with Gasteiger partial charge in [-0.25, -0.2) is 0 Å². The van der Waals surface area contributed by atoms with Gasteiger partial charge in [0.25, 0.3) is 11.8 Å². The van der Waals surface area contributed by atoms with Crippen molar-refractivity contribution >= 4 is 17.5 Å². The van der Waals surface area contributed by atoms with Crippen LogP contribution in [0.15, 0.2) is 18.2 Å². The van der Waals surface area contributed by atoms with Gasteiger partial charge in [-0.3, -0.25) is 9.59 Å². The van der Waals surface area contributed by atoms with Crippen LogP contribution in [0.4, 0.5) is 5.69 Å². The number of nitrogens with two attached hydrogens (primary N) is 1. The van der Waals surface area contributed by atoms with E-state index in [4.69, 9.17) is 5.73 Å². The van der Waals surface area contributed by atoms with Crippen molar-refractivity contribution in [2.75, 3.05) is 5.73 Å². The van der Waals surface area contributed by atoms with Crippen LogP contribution >= 0.6 is 0 Å². The quantitative estimate of drug-likeness (QED) is 0.731. The van der Waals surface area contributed by atoms with Crippen LogP contribution in [0.5, 0.6) is 0 Å². The third-order valence-corrected chi connectivity index (χ3v) is 2.46. The van der Waals surface area contributed by atoms with Crippen LogP contribution in [0.25, 0.3) is 0 Å². The largest absolute Gasteiger partial charge is 0.399 e. The lowest BCUT2D eigenvalue weighted by molar-refractivity contribution is 0.0918. The van der Waals surface area contributed by atoms with Gasteiger partial charge in [0.15, 0.2) is 0 Å². The first kappa shape index (κ1) is 17.0. The second kappa shape index (κ2) is 5.76. The number of hydrogen-bond donors (Lipinski definition) is 3. The number of rotatable bonds is 2. The van der Waals surface area contributed by atoms with E-state index in [1.54, 1.807) is 18.2 Å². The second-order valence-electron chi connectivity index (χ2n) is 7.25. The third kappa shape index (κ3) is 5.85. The van der Waals surface area contributed by atoms with Crippen molar-refractivity contribution in [1.29, 1.82) is 0 Å². The summed E-state index contributed by atoms with van der Waals surface area (Å²) in [4.78, 5) is 24.3. The lowest BCUT2D eigenvalue weighted by Gasteiger charge is -2.22. The summed E-state index contributed by atoms with van der Waals surface area (Å²) in [5.41, 5.74) is 6.24. The van der Waals surface area contributed by atoms with Gasteiger partial charge < -0.3 is 16.4 Å². The third-order valence-electron chi connectivity index (χ3n) is 2.46. The number of benzene rings is 1. The number of nitrogen functional groups attached to an aromatic ring is 1. The molecule has 0 fully saturated rings. The molecule has 2 amide bonds. The molecule has 0 bridgehead atoms. The molecule has 0 radical (unpaired) electrons. The molecule has 1 aromatic rings. The molecular weight excluding hydrogens is 266 g/mol. The van der Waals surface area contributed by atoms with E-state index in [0.717, 1.165) is 0 Å². The summed E-state index contributed by atoms with van der Waals surface area (Å²) in [5.74, 6) is -0.501. The fourth-order valence-electron chi connectivity index (χ4n) is 1.74. The fraction of sp³-hybridized carbons (Fsp3) is 0.500. The first-order valence-electron chi connectivity index (χ1n) is 6.93. The van der Waals surface area contributed by atoms with E-state index in [1.807, 2.05) is 41.5 Å². The van der Waals surface area contributed by atoms with Gasteiger partial charge in [-0.15, -0.1) is 0 Å². The summed E-state index contributed by atoms with van der Waals surface area (Å²) >= 11 is 0. The Morgan fingerprint density at radius 3 is 1.43 bits per heavy atom.